The van der Waals surface area contributed by atoms with Crippen LogP contribution in [-0.2, 0) is 10.0 Å². The van der Waals surface area contributed by atoms with Crippen LogP contribution < -0.4 is 0 Å². The molecule has 0 spiro atoms. The Labute approximate surface area is 124 Å². The van der Waals surface area contributed by atoms with Crippen molar-refractivity contribution in [2.24, 2.45) is 0 Å². The van der Waals surface area contributed by atoms with Gasteiger partial charge in [-0.05, 0) is 24.3 Å². The highest BCUT2D eigenvalue weighted by atomic mass is 35.5. The molecule has 1 unspecified atom stereocenters. The number of fused-ring (bicyclic) bond motifs is 1. The Morgan fingerprint density at radius 2 is 1.85 bits per heavy atom. The molecule has 2 aromatic rings. The van der Waals surface area contributed by atoms with Gasteiger partial charge in [-0.2, -0.15) is 4.31 Å². The molecule has 20 heavy (non-hydrogen) atoms. The molecule has 3 rings (SSSR count). The molecule has 5 heteroatoms. The molecule has 0 radical (unpaired) electrons. The second-order valence-electron chi connectivity index (χ2n) is 5.08. The monoisotopic (exact) mass is 309 g/mol. The lowest BCUT2D eigenvalue weighted by molar-refractivity contribution is 0.351. The van der Waals surface area contributed by atoms with E-state index in [0.29, 0.717) is 18.0 Å². The first-order valence-corrected chi connectivity index (χ1v) is 8.59. The highest BCUT2D eigenvalue weighted by molar-refractivity contribution is 7.89. The number of hydrogen-bond acceptors (Lipinski definition) is 2. The third-order valence-electron chi connectivity index (χ3n) is 3.69. The Morgan fingerprint density at radius 1 is 1.10 bits per heavy atom. The number of hydrogen-bond donors (Lipinski definition) is 0. The van der Waals surface area contributed by atoms with E-state index in [1.807, 2.05) is 30.3 Å². The summed E-state index contributed by atoms with van der Waals surface area (Å²) in [7, 11) is -3.47. The Kier molecular flexibility index (Phi) is 3.71. The van der Waals surface area contributed by atoms with Gasteiger partial charge in [0.2, 0.25) is 10.0 Å². The standard InChI is InChI=1S/C15H16ClNO2S/c16-13-7-4-10-17(11-13)20(18,19)15-9-3-6-12-5-1-2-8-14(12)15/h1-3,5-6,8-9,13H,4,7,10-11H2. The average Bonchev–Trinajstić information content (AvgIpc) is 2.46. The number of alkyl halides is 1. The Morgan fingerprint density at radius 3 is 2.65 bits per heavy atom. The largest absolute Gasteiger partial charge is 0.243 e. The zero-order valence-corrected chi connectivity index (χ0v) is 12.6. The van der Waals surface area contributed by atoms with Crippen LogP contribution >= 0.6 is 11.6 Å². The molecule has 1 heterocycles. The zero-order chi connectivity index (χ0) is 14.2. The van der Waals surface area contributed by atoms with Crippen molar-refractivity contribution < 1.29 is 8.42 Å². The van der Waals surface area contributed by atoms with Crippen LogP contribution in [0.25, 0.3) is 10.8 Å². The van der Waals surface area contributed by atoms with Gasteiger partial charge in [-0.3, -0.25) is 0 Å². The quantitative estimate of drug-likeness (QED) is 0.799. The van der Waals surface area contributed by atoms with E-state index in [1.54, 1.807) is 12.1 Å². The molecule has 1 saturated heterocycles. The predicted octanol–water partition coefficient (Wildman–Crippen LogP) is 3.23. The van der Waals surface area contributed by atoms with E-state index in [1.165, 1.54) is 4.31 Å². The van der Waals surface area contributed by atoms with Gasteiger partial charge in [0.15, 0.2) is 0 Å². The van der Waals surface area contributed by atoms with Crippen molar-refractivity contribution in [3.8, 4) is 0 Å². The van der Waals surface area contributed by atoms with E-state index in [9.17, 15) is 8.42 Å². The summed E-state index contributed by atoms with van der Waals surface area (Å²) in [6.45, 7) is 0.946. The van der Waals surface area contributed by atoms with E-state index in [4.69, 9.17) is 11.6 Å². The van der Waals surface area contributed by atoms with Gasteiger partial charge < -0.3 is 0 Å². The number of rotatable bonds is 2. The van der Waals surface area contributed by atoms with Crippen molar-refractivity contribution in [3.63, 3.8) is 0 Å². The van der Waals surface area contributed by atoms with Crippen LogP contribution in [0.3, 0.4) is 0 Å². The van der Waals surface area contributed by atoms with Gasteiger partial charge in [0, 0.05) is 23.9 Å². The number of nitrogens with zero attached hydrogens (tertiary/aromatic N) is 1. The molecule has 1 aliphatic heterocycles. The molecule has 0 aliphatic carbocycles. The van der Waals surface area contributed by atoms with Crippen molar-refractivity contribution in [1.29, 1.82) is 0 Å². The smallest absolute Gasteiger partial charge is 0.207 e. The maximum Gasteiger partial charge on any atom is 0.243 e. The van der Waals surface area contributed by atoms with E-state index in [2.05, 4.69) is 0 Å². The lowest BCUT2D eigenvalue weighted by Gasteiger charge is -2.29. The molecule has 2 aromatic carbocycles. The molecule has 3 nitrogen and oxygen atoms in total. The van der Waals surface area contributed by atoms with Crippen molar-refractivity contribution in [1.82, 2.24) is 4.31 Å². The highest BCUT2D eigenvalue weighted by Gasteiger charge is 2.30. The zero-order valence-electron chi connectivity index (χ0n) is 11.0. The Hall–Kier alpha value is -1.10. The van der Waals surface area contributed by atoms with E-state index in [0.717, 1.165) is 23.6 Å². The minimum Gasteiger partial charge on any atom is -0.207 e. The molecular weight excluding hydrogens is 294 g/mol. The third kappa shape index (κ3) is 2.43. The van der Waals surface area contributed by atoms with Gasteiger partial charge in [0.1, 0.15) is 0 Å². The summed E-state index contributed by atoms with van der Waals surface area (Å²) in [5, 5.41) is 1.62. The molecule has 0 N–H and O–H groups in total. The van der Waals surface area contributed by atoms with Gasteiger partial charge in [0.25, 0.3) is 0 Å². The maximum atomic E-state index is 12.8. The fourth-order valence-corrected chi connectivity index (χ4v) is 4.81. The van der Waals surface area contributed by atoms with Crippen LogP contribution in [0.1, 0.15) is 12.8 Å². The summed E-state index contributed by atoms with van der Waals surface area (Å²) >= 11 is 6.12. The van der Waals surface area contributed by atoms with Crippen LogP contribution in [-0.4, -0.2) is 31.2 Å². The number of halogens is 1. The first-order valence-electron chi connectivity index (χ1n) is 6.71. The lowest BCUT2D eigenvalue weighted by Crippen LogP contribution is -2.40. The van der Waals surface area contributed by atoms with Crippen molar-refractivity contribution >= 4 is 32.4 Å². The third-order valence-corrected chi connectivity index (χ3v) is 5.97. The summed E-state index contributed by atoms with van der Waals surface area (Å²) in [6.07, 6.45) is 1.70. The van der Waals surface area contributed by atoms with Gasteiger partial charge >= 0.3 is 0 Å². The number of piperidine rings is 1. The summed E-state index contributed by atoms with van der Waals surface area (Å²) < 4.78 is 27.1. The second kappa shape index (κ2) is 5.35. The molecule has 0 aromatic heterocycles. The molecular formula is C15H16ClNO2S. The maximum absolute atomic E-state index is 12.8. The first kappa shape index (κ1) is 13.9. The number of benzene rings is 2. The van der Waals surface area contributed by atoms with Gasteiger partial charge in [0.05, 0.1) is 4.90 Å². The molecule has 0 bridgehead atoms. The first-order chi connectivity index (χ1) is 9.59. The van der Waals surface area contributed by atoms with Gasteiger partial charge in [-0.25, -0.2) is 8.42 Å². The Balaban J connectivity index is 2.09. The molecule has 0 saturated carbocycles. The molecule has 0 amide bonds. The lowest BCUT2D eigenvalue weighted by atomic mass is 10.1. The van der Waals surface area contributed by atoms with E-state index < -0.39 is 10.0 Å². The van der Waals surface area contributed by atoms with Crippen LogP contribution in [0.5, 0.6) is 0 Å². The van der Waals surface area contributed by atoms with Crippen LogP contribution in [0, 0.1) is 0 Å². The molecule has 1 fully saturated rings. The molecule has 106 valence electrons. The van der Waals surface area contributed by atoms with Crippen LogP contribution in [0.2, 0.25) is 0 Å². The SMILES string of the molecule is O=S(=O)(c1cccc2ccccc12)N1CCCC(Cl)C1. The summed E-state index contributed by atoms with van der Waals surface area (Å²) in [6, 6.07) is 12.9. The molecule has 1 aliphatic rings. The Bertz CT molecular complexity index is 724. The average molecular weight is 310 g/mol. The topological polar surface area (TPSA) is 37.4 Å². The minimum atomic E-state index is -3.47. The summed E-state index contributed by atoms with van der Waals surface area (Å²) in [5.41, 5.74) is 0. The fraction of sp³-hybridized carbons (Fsp3) is 0.333. The molecule has 1 atom stereocenters. The van der Waals surface area contributed by atoms with Crippen LogP contribution in [0.15, 0.2) is 47.4 Å². The summed E-state index contributed by atoms with van der Waals surface area (Å²) in [5.74, 6) is 0. The van der Waals surface area contributed by atoms with Crippen molar-refractivity contribution in [2.75, 3.05) is 13.1 Å². The second-order valence-corrected chi connectivity index (χ2v) is 7.60. The van der Waals surface area contributed by atoms with E-state index in [-0.39, 0.29) is 5.38 Å². The van der Waals surface area contributed by atoms with E-state index >= 15 is 0 Å². The summed E-state index contributed by atoms with van der Waals surface area (Å²) in [4.78, 5) is 0.376. The minimum absolute atomic E-state index is 0.0894. The van der Waals surface area contributed by atoms with Crippen molar-refractivity contribution in [3.05, 3.63) is 42.5 Å². The van der Waals surface area contributed by atoms with Crippen molar-refractivity contribution in [2.45, 2.75) is 23.1 Å². The fourth-order valence-electron chi connectivity index (χ4n) is 2.67. The number of sulfonamides is 1. The van der Waals surface area contributed by atoms with Gasteiger partial charge in [-0.15, -0.1) is 11.6 Å². The van der Waals surface area contributed by atoms with Crippen LogP contribution in [0.4, 0.5) is 0 Å². The highest BCUT2D eigenvalue weighted by Crippen LogP contribution is 2.28. The predicted molar refractivity (Wildman–Crippen MR) is 81.6 cm³/mol. The normalized spacial score (nSPS) is 21.1. The van der Waals surface area contributed by atoms with Gasteiger partial charge in [-0.1, -0.05) is 36.4 Å².